The van der Waals surface area contributed by atoms with Crippen molar-refractivity contribution in [3.63, 3.8) is 0 Å². The lowest BCUT2D eigenvalue weighted by molar-refractivity contribution is -0.177. The molecule has 2 aliphatic rings. The topological polar surface area (TPSA) is 30.5 Å². The number of hydrogen-bond acceptors (Lipinski definition) is 3. The molecule has 116 valence electrons. The molecule has 1 aliphatic carbocycles. The first-order valence-corrected chi connectivity index (χ1v) is 8.24. The van der Waals surface area contributed by atoms with E-state index in [4.69, 9.17) is 9.47 Å². The molecule has 0 spiro atoms. The van der Waals surface area contributed by atoms with E-state index >= 15 is 0 Å². The molecule has 2 fully saturated rings. The van der Waals surface area contributed by atoms with E-state index in [2.05, 4.69) is 44.3 Å². The summed E-state index contributed by atoms with van der Waals surface area (Å²) in [5.41, 5.74) is 1.36. The van der Waals surface area contributed by atoms with Crippen LogP contribution < -0.4 is 10.1 Å². The Kier molecular flexibility index (Phi) is 4.12. The molecule has 3 heteroatoms. The molecule has 3 nitrogen and oxygen atoms in total. The minimum Gasteiger partial charge on any atom is -0.494 e. The maximum Gasteiger partial charge on any atom is 0.121 e. The number of anilines is 1. The molecular weight excluding hydrogens is 262 g/mol. The molecule has 21 heavy (non-hydrogen) atoms. The highest BCUT2D eigenvalue weighted by molar-refractivity contribution is 5.50. The highest BCUT2D eigenvalue weighted by Gasteiger charge is 2.57. The predicted molar refractivity (Wildman–Crippen MR) is 85.9 cm³/mol. The van der Waals surface area contributed by atoms with Crippen molar-refractivity contribution in [1.82, 2.24) is 0 Å². The van der Waals surface area contributed by atoms with Crippen LogP contribution in [0.4, 0.5) is 5.69 Å². The summed E-state index contributed by atoms with van der Waals surface area (Å²) in [4.78, 5) is 0. The Balaban J connectivity index is 1.68. The molecule has 1 N–H and O–H groups in total. The lowest BCUT2D eigenvalue weighted by atomic mass is 9.55. The Labute approximate surface area is 128 Å². The average molecular weight is 289 g/mol. The van der Waals surface area contributed by atoms with Gasteiger partial charge in [0.05, 0.1) is 12.7 Å². The number of nitrogens with one attached hydrogen (secondary N) is 1. The highest BCUT2D eigenvalue weighted by Crippen LogP contribution is 2.52. The molecule has 1 aromatic carbocycles. The second-order valence-electron chi connectivity index (χ2n) is 6.92. The number of hydrogen-bond donors (Lipinski definition) is 1. The van der Waals surface area contributed by atoms with E-state index in [0.29, 0.717) is 18.1 Å². The Morgan fingerprint density at radius 3 is 3.05 bits per heavy atom. The van der Waals surface area contributed by atoms with Gasteiger partial charge in [-0.15, -0.1) is 0 Å². The summed E-state index contributed by atoms with van der Waals surface area (Å²) in [6.45, 7) is 8.46. The van der Waals surface area contributed by atoms with E-state index < -0.39 is 0 Å². The van der Waals surface area contributed by atoms with Gasteiger partial charge in [0.1, 0.15) is 5.75 Å². The first-order valence-electron chi connectivity index (χ1n) is 8.24. The van der Waals surface area contributed by atoms with Crippen LogP contribution in [0.15, 0.2) is 24.3 Å². The van der Waals surface area contributed by atoms with Crippen LogP contribution in [0.1, 0.15) is 40.0 Å². The average Bonchev–Trinajstić information content (AvgIpc) is 2.51. The van der Waals surface area contributed by atoms with Gasteiger partial charge in [0.2, 0.25) is 0 Å². The Morgan fingerprint density at radius 1 is 1.38 bits per heavy atom. The minimum atomic E-state index is 0.200. The third kappa shape index (κ3) is 2.76. The van der Waals surface area contributed by atoms with Gasteiger partial charge in [0, 0.05) is 35.7 Å². The van der Waals surface area contributed by atoms with Gasteiger partial charge in [-0.3, -0.25) is 0 Å². The number of rotatable bonds is 5. The van der Waals surface area contributed by atoms with Crippen molar-refractivity contribution in [2.45, 2.75) is 52.2 Å². The van der Waals surface area contributed by atoms with Crippen molar-refractivity contribution >= 4 is 5.69 Å². The normalized spacial score (nSPS) is 30.1. The highest BCUT2D eigenvalue weighted by atomic mass is 16.5. The molecule has 3 rings (SSSR count). The van der Waals surface area contributed by atoms with Gasteiger partial charge >= 0.3 is 0 Å². The van der Waals surface area contributed by atoms with Crippen molar-refractivity contribution in [3.05, 3.63) is 24.3 Å². The van der Waals surface area contributed by atoms with Gasteiger partial charge in [-0.05, 0) is 31.4 Å². The second kappa shape index (κ2) is 5.88. The van der Waals surface area contributed by atoms with Gasteiger partial charge in [-0.2, -0.15) is 0 Å². The SMILES string of the molecule is CCCOc1cccc(NC2C3CCCOC3C2(C)C)c1. The number of ether oxygens (including phenoxy) is 2. The van der Waals surface area contributed by atoms with Gasteiger partial charge in [0.15, 0.2) is 0 Å². The van der Waals surface area contributed by atoms with E-state index in [9.17, 15) is 0 Å². The molecular formula is C18H27NO2. The fourth-order valence-electron chi connectivity index (χ4n) is 3.89. The molecule has 3 atom stereocenters. The van der Waals surface area contributed by atoms with Crippen molar-refractivity contribution < 1.29 is 9.47 Å². The second-order valence-corrected chi connectivity index (χ2v) is 6.92. The van der Waals surface area contributed by atoms with E-state index in [1.165, 1.54) is 12.8 Å². The monoisotopic (exact) mass is 289 g/mol. The van der Waals surface area contributed by atoms with Crippen LogP contribution in [0, 0.1) is 11.3 Å². The van der Waals surface area contributed by atoms with E-state index in [0.717, 1.165) is 31.1 Å². The fourth-order valence-corrected chi connectivity index (χ4v) is 3.89. The van der Waals surface area contributed by atoms with Crippen LogP contribution in [0.2, 0.25) is 0 Å². The predicted octanol–water partition coefficient (Wildman–Crippen LogP) is 4.09. The summed E-state index contributed by atoms with van der Waals surface area (Å²) in [6.07, 6.45) is 3.92. The maximum atomic E-state index is 5.97. The quantitative estimate of drug-likeness (QED) is 0.885. The summed E-state index contributed by atoms with van der Waals surface area (Å²) in [7, 11) is 0. The summed E-state index contributed by atoms with van der Waals surface area (Å²) in [6, 6.07) is 8.83. The van der Waals surface area contributed by atoms with Crippen LogP contribution in [0.5, 0.6) is 5.75 Å². The van der Waals surface area contributed by atoms with Crippen molar-refractivity contribution in [3.8, 4) is 5.75 Å². The first kappa shape index (κ1) is 14.7. The van der Waals surface area contributed by atoms with E-state index in [1.807, 2.05) is 6.07 Å². The van der Waals surface area contributed by atoms with Crippen LogP contribution in [-0.4, -0.2) is 25.4 Å². The smallest absolute Gasteiger partial charge is 0.121 e. The number of benzene rings is 1. The standard InChI is InChI=1S/C18H27NO2/c1-4-10-20-14-8-5-7-13(12-14)19-16-15-9-6-11-21-17(15)18(16,2)3/h5,7-8,12,15-17,19H,4,6,9-11H2,1-3H3. The molecule has 0 bridgehead atoms. The molecule has 1 aromatic rings. The van der Waals surface area contributed by atoms with Crippen molar-refractivity contribution in [2.24, 2.45) is 11.3 Å². The van der Waals surface area contributed by atoms with Gasteiger partial charge in [-0.25, -0.2) is 0 Å². The molecule has 1 heterocycles. The zero-order valence-corrected chi connectivity index (χ0v) is 13.4. The third-order valence-electron chi connectivity index (χ3n) is 4.96. The molecule has 1 saturated carbocycles. The van der Waals surface area contributed by atoms with E-state index in [-0.39, 0.29) is 5.41 Å². The summed E-state index contributed by atoms with van der Waals surface area (Å²) < 4.78 is 11.7. The third-order valence-corrected chi connectivity index (χ3v) is 4.96. The molecule has 1 aliphatic heterocycles. The largest absolute Gasteiger partial charge is 0.494 e. The molecule has 1 saturated heterocycles. The summed E-state index contributed by atoms with van der Waals surface area (Å²) >= 11 is 0. The lowest BCUT2D eigenvalue weighted by Crippen LogP contribution is -2.67. The molecule has 3 unspecified atom stereocenters. The zero-order valence-electron chi connectivity index (χ0n) is 13.4. The maximum absolute atomic E-state index is 5.97. The van der Waals surface area contributed by atoms with Crippen LogP contribution in [-0.2, 0) is 4.74 Å². The van der Waals surface area contributed by atoms with Crippen molar-refractivity contribution in [2.75, 3.05) is 18.5 Å². The first-order chi connectivity index (χ1) is 10.1. The Bertz CT molecular complexity index is 486. The summed E-state index contributed by atoms with van der Waals surface area (Å²) in [5.74, 6) is 1.60. The molecule has 0 radical (unpaired) electrons. The van der Waals surface area contributed by atoms with Crippen LogP contribution in [0.3, 0.4) is 0 Å². The zero-order chi connectivity index (χ0) is 14.9. The van der Waals surface area contributed by atoms with Crippen LogP contribution in [0.25, 0.3) is 0 Å². The van der Waals surface area contributed by atoms with Crippen molar-refractivity contribution in [1.29, 1.82) is 0 Å². The molecule has 0 aromatic heterocycles. The van der Waals surface area contributed by atoms with Gasteiger partial charge in [-0.1, -0.05) is 26.8 Å². The van der Waals surface area contributed by atoms with Crippen LogP contribution >= 0.6 is 0 Å². The Hall–Kier alpha value is -1.22. The van der Waals surface area contributed by atoms with E-state index in [1.54, 1.807) is 0 Å². The Morgan fingerprint density at radius 2 is 2.24 bits per heavy atom. The molecule has 0 amide bonds. The van der Waals surface area contributed by atoms with Gasteiger partial charge in [0.25, 0.3) is 0 Å². The lowest BCUT2D eigenvalue weighted by Gasteiger charge is -2.60. The summed E-state index contributed by atoms with van der Waals surface area (Å²) in [5, 5.41) is 3.72. The number of fused-ring (bicyclic) bond motifs is 1. The van der Waals surface area contributed by atoms with Gasteiger partial charge < -0.3 is 14.8 Å². The minimum absolute atomic E-state index is 0.200. The fraction of sp³-hybridized carbons (Fsp3) is 0.667.